The van der Waals surface area contributed by atoms with Crippen LogP contribution in [0.3, 0.4) is 0 Å². The minimum Gasteiger partial charge on any atom is -0.466 e. The molecule has 6 aliphatic carbocycles. The van der Waals surface area contributed by atoms with E-state index >= 15 is 0 Å². The van der Waals surface area contributed by atoms with Gasteiger partial charge in [-0.05, 0) is 59.8 Å². The van der Waals surface area contributed by atoms with E-state index in [4.69, 9.17) is 9.47 Å². The largest absolute Gasteiger partial charge is 0.466 e. The molecular weight excluding hydrogens is 476 g/mol. The zero-order valence-electron chi connectivity index (χ0n) is 21.9. The number of ether oxygens (including phenoxy) is 2. The Bertz CT molecular complexity index is 1390. The van der Waals surface area contributed by atoms with E-state index in [1.54, 1.807) is 0 Å². The van der Waals surface area contributed by atoms with E-state index in [0.29, 0.717) is 11.1 Å². The molecule has 2 aromatic carbocycles. The Kier molecular flexibility index (Phi) is 4.71. The highest BCUT2D eigenvalue weighted by Crippen LogP contribution is 2.83. The van der Waals surface area contributed by atoms with E-state index in [-0.39, 0.29) is 41.3 Å². The highest BCUT2D eigenvalue weighted by molar-refractivity contribution is 6.23. The summed E-state index contributed by atoms with van der Waals surface area (Å²) in [5.74, 6) is -1.01. The molecule has 8 rings (SSSR count). The molecule has 6 aliphatic rings. The van der Waals surface area contributed by atoms with Crippen LogP contribution in [0.2, 0.25) is 0 Å². The van der Waals surface area contributed by atoms with Crippen molar-refractivity contribution >= 4 is 28.9 Å². The zero-order valence-corrected chi connectivity index (χ0v) is 21.9. The highest BCUT2D eigenvalue weighted by Gasteiger charge is 2.82. The van der Waals surface area contributed by atoms with Gasteiger partial charge in [-0.2, -0.15) is 0 Å². The van der Waals surface area contributed by atoms with Crippen LogP contribution in [-0.2, 0) is 23.9 Å². The second-order valence-corrected chi connectivity index (χ2v) is 11.7. The molecule has 4 bridgehead atoms. The number of Topliss-reactive ketones (excluding diaryl/α,β-unsaturated/α-hetero) is 1. The summed E-state index contributed by atoms with van der Waals surface area (Å²) in [6.07, 6.45) is 4.12. The van der Waals surface area contributed by atoms with Crippen molar-refractivity contribution in [3.05, 3.63) is 95.1 Å². The number of methoxy groups -OCH3 is 2. The molecule has 2 aromatic rings. The maximum Gasteiger partial charge on any atom is 0.334 e. The van der Waals surface area contributed by atoms with Gasteiger partial charge in [-0.3, -0.25) is 4.79 Å². The van der Waals surface area contributed by atoms with Gasteiger partial charge in [0.2, 0.25) is 0 Å². The minimum atomic E-state index is -0.703. The molecule has 0 unspecified atom stereocenters. The predicted octanol–water partition coefficient (Wildman–Crippen LogP) is 5.14. The van der Waals surface area contributed by atoms with Crippen LogP contribution in [0.5, 0.6) is 0 Å². The van der Waals surface area contributed by atoms with Gasteiger partial charge in [0.25, 0.3) is 0 Å². The Morgan fingerprint density at radius 2 is 1.03 bits per heavy atom. The second-order valence-electron chi connectivity index (χ2n) is 11.7. The summed E-state index contributed by atoms with van der Waals surface area (Å²) >= 11 is 0. The van der Waals surface area contributed by atoms with Crippen LogP contribution in [0.1, 0.15) is 25.0 Å². The zero-order chi connectivity index (χ0) is 26.6. The van der Waals surface area contributed by atoms with Gasteiger partial charge in [0.1, 0.15) is 0 Å². The first kappa shape index (κ1) is 23.4. The van der Waals surface area contributed by atoms with E-state index in [1.807, 2.05) is 36.4 Å². The van der Waals surface area contributed by atoms with Gasteiger partial charge in [-0.1, -0.05) is 72.8 Å². The fourth-order valence-corrected chi connectivity index (χ4v) is 9.39. The van der Waals surface area contributed by atoms with E-state index < -0.39 is 22.8 Å². The number of rotatable bonds is 4. The number of fused-ring (bicyclic) bond motifs is 5. The molecule has 0 amide bonds. The molecule has 38 heavy (non-hydrogen) atoms. The molecule has 8 atom stereocenters. The van der Waals surface area contributed by atoms with Crippen molar-refractivity contribution in [3.63, 3.8) is 0 Å². The van der Waals surface area contributed by atoms with E-state index in [2.05, 4.69) is 50.3 Å². The van der Waals surface area contributed by atoms with Crippen LogP contribution >= 0.6 is 0 Å². The average Bonchev–Trinajstić information content (AvgIpc) is 3.20. The Morgan fingerprint density at radius 3 is 1.37 bits per heavy atom. The normalized spacial score (nSPS) is 37.6. The van der Waals surface area contributed by atoms with Crippen molar-refractivity contribution in [2.75, 3.05) is 14.2 Å². The number of esters is 2. The minimum absolute atomic E-state index is 0.0592. The van der Waals surface area contributed by atoms with Gasteiger partial charge in [0.05, 0.1) is 36.2 Å². The Balaban J connectivity index is 1.47. The van der Waals surface area contributed by atoms with E-state index in [9.17, 15) is 14.4 Å². The van der Waals surface area contributed by atoms with E-state index in [1.165, 1.54) is 14.2 Å². The standard InChI is InChI=1S/C33H30O5/c1-32-25(17-11-7-5-8-12-17)26(18-13-9-6-10-14-18)33(2,31(32)36)28-22-20-16-15-19(21(22)27(28)32)23(29(34)37-3)24(20)30(35)38-4/h5-16,19-22,27-28H,1-4H3/t19-,20-,21+,22+,27-,28-,32-,33-/m0/s1. The van der Waals surface area contributed by atoms with Gasteiger partial charge >= 0.3 is 11.9 Å². The molecule has 2 saturated carbocycles. The summed E-state index contributed by atoms with van der Waals surface area (Å²) in [5.41, 5.74) is 3.77. The lowest BCUT2D eigenvalue weighted by Gasteiger charge is -2.66. The Morgan fingerprint density at radius 1 is 0.658 bits per heavy atom. The molecule has 0 N–H and O–H groups in total. The van der Waals surface area contributed by atoms with Crippen molar-refractivity contribution in [2.45, 2.75) is 13.8 Å². The molecule has 0 aromatic heterocycles. The molecule has 5 nitrogen and oxygen atoms in total. The van der Waals surface area contributed by atoms with Crippen LogP contribution in [0.4, 0.5) is 0 Å². The van der Waals surface area contributed by atoms with Crippen molar-refractivity contribution in [3.8, 4) is 0 Å². The lowest BCUT2D eigenvalue weighted by Crippen LogP contribution is -2.63. The van der Waals surface area contributed by atoms with E-state index in [0.717, 1.165) is 22.3 Å². The van der Waals surface area contributed by atoms with Crippen LogP contribution < -0.4 is 0 Å². The van der Waals surface area contributed by atoms with Gasteiger partial charge < -0.3 is 9.47 Å². The van der Waals surface area contributed by atoms with Crippen LogP contribution in [0.25, 0.3) is 11.1 Å². The van der Waals surface area contributed by atoms with Gasteiger partial charge in [-0.15, -0.1) is 0 Å². The topological polar surface area (TPSA) is 69.7 Å². The molecule has 0 saturated heterocycles. The number of ketones is 1. The summed E-state index contributed by atoms with van der Waals surface area (Å²) in [4.78, 5) is 40.8. The first-order valence-electron chi connectivity index (χ1n) is 13.3. The van der Waals surface area contributed by atoms with Crippen LogP contribution in [0.15, 0.2) is 84.0 Å². The first-order valence-corrected chi connectivity index (χ1v) is 13.3. The lowest BCUT2D eigenvalue weighted by molar-refractivity contribution is -0.149. The molecule has 192 valence electrons. The average molecular weight is 507 g/mol. The summed E-state index contributed by atoms with van der Waals surface area (Å²) < 4.78 is 10.3. The summed E-state index contributed by atoms with van der Waals surface area (Å²) in [5, 5.41) is 0. The van der Waals surface area contributed by atoms with Crippen molar-refractivity contribution in [1.29, 1.82) is 0 Å². The third-order valence-corrected chi connectivity index (χ3v) is 10.5. The molecule has 5 heteroatoms. The summed E-state index contributed by atoms with van der Waals surface area (Å²) in [6.45, 7) is 4.25. The molecule has 0 radical (unpaired) electrons. The Hall–Kier alpha value is -3.73. The van der Waals surface area contributed by atoms with Gasteiger partial charge in [-0.25, -0.2) is 9.59 Å². The maximum absolute atomic E-state index is 14.7. The van der Waals surface area contributed by atoms with Crippen molar-refractivity contribution in [1.82, 2.24) is 0 Å². The number of hydrogen-bond donors (Lipinski definition) is 0. The number of hydrogen-bond acceptors (Lipinski definition) is 5. The SMILES string of the molecule is COC(=O)C1=C(C(=O)OC)[C@H]2C=C[C@H]1[C@@H]1[C@@H]2[C@H]2[C@H]1[C@@]1(C)C(=O)[C@@]2(C)C(c2ccccc2)=C1c1ccccc1. The van der Waals surface area contributed by atoms with Crippen molar-refractivity contribution in [2.24, 2.45) is 46.3 Å². The molecule has 2 fully saturated rings. The number of carbonyl (C=O) groups is 3. The molecule has 0 heterocycles. The fraction of sp³-hybridized carbons (Fsp3) is 0.364. The third-order valence-electron chi connectivity index (χ3n) is 10.5. The quantitative estimate of drug-likeness (QED) is 0.424. The van der Waals surface area contributed by atoms with Gasteiger partial charge in [0, 0.05) is 11.8 Å². The smallest absolute Gasteiger partial charge is 0.334 e. The number of carbonyl (C=O) groups excluding carboxylic acids is 3. The van der Waals surface area contributed by atoms with Gasteiger partial charge in [0.15, 0.2) is 5.78 Å². The first-order chi connectivity index (χ1) is 18.3. The summed E-state index contributed by atoms with van der Waals surface area (Å²) in [6, 6.07) is 20.5. The molecule has 0 spiro atoms. The second kappa shape index (κ2) is 7.66. The maximum atomic E-state index is 14.7. The van der Waals surface area contributed by atoms with Crippen LogP contribution in [0, 0.1) is 46.3 Å². The van der Waals surface area contributed by atoms with Crippen molar-refractivity contribution < 1.29 is 23.9 Å². The number of benzene rings is 2. The molecular formula is C33H30O5. The Labute approximate surface area is 222 Å². The predicted molar refractivity (Wildman–Crippen MR) is 142 cm³/mol. The molecule has 0 aliphatic heterocycles. The monoisotopic (exact) mass is 506 g/mol. The third kappa shape index (κ3) is 2.46. The highest BCUT2D eigenvalue weighted by atomic mass is 16.5. The van der Waals surface area contributed by atoms with Crippen LogP contribution in [-0.4, -0.2) is 31.9 Å². The lowest BCUT2D eigenvalue weighted by atomic mass is 9.36. The summed E-state index contributed by atoms with van der Waals surface area (Å²) in [7, 11) is 2.70. The fourth-order valence-electron chi connectivity index (χ4n) is 9.39. The number of allylic oxidation sites excluding steroid dienone is 4.